The third-order valence-corrected chi connectivity index (χ3v) is 3.06. The Morgan fingerprint density at radius 3 is 2.50 bits per heavy atom. The molecule has 0 aromatic heterocycles. The normalized spacial score (nSPS) is 10.9. The number of ether oxygens (including phenoxy) is 2. The molecule has 18 heavy (non-hydrogen) atoms. The summed E-state index contributed by atoms with van der Waals surface area (Å²) >= 11 is 6.27. The average Bonchev–Trinajstić information content (AvgIpc) is 2.37. The third-order valence-electron chi connectivity index (χ3n) is 2.65. The Hall–Kier alpha value is -1.37. The number of hydrogen-bond donors (Lipinski definition) is 1. The van der Waals surface area contributed by atoms with Crippen molar-refractivity contribution in [3.8, 4) is 23.8 Å². The fourth-order valence-electron chi connectivity index (χ4n) is 1.43. The minimum absolute atomic E-state index is 0.378. The van der Waals surface area contributed by atoms with E-state index in [1.165, 1.54) is 0 Å². The molecular formula is C14H18ClNO2. The SMILES string of the molecule is C#CC(C)(C)NCc1ccc(OC)c(OC)c1Cl. The molecule has 0 bridgehead atoms. The minimum Gasteiger partial charge on any atom is -0.493 e. The van der Waals surface area contributed by atoms with Gasteiger partial charge in [-0.05, 0) is 25.5 Å². The summed E-state index contributed by atoms with van der Waals surface area (Å²) in [5.74, 6) is 3.82. The van der Waals surface area contributed by atoms with E-state index in [9.17, 15) is 0 Å². The fourth-order valence-corrected chi connectivity index (χ4v) is 1.73. The summed E-state index contributed by atoms with van der Waals surface area (Å²) in [6.45, 7) is 4.43. The van der Waals surface area contributed by atoms with Crippen molar-refractivity contribution in [1.82, 2.24) is 5.32 Å². The number of terminal acetylenes is 1. The number of benzene rings is 1. The zero-order valence-electron chi connectivity index (χ0n) is 11.1. The second-order valence-corrected chi connectivity index (χ2v) is 4.78. The van der Waals surface area contributed by atoms with Crippen molar-refractivity contribution in [2.45, 2.75) is 25.9 Å². The van der Waals surface area contributed by atoms with Crippen LogP contribution in [0, 0.1) is 12.3 Å². The van der Waals surface area contributed by atoms with Crippen LogP contribution in [0.2, 0.25) is 5.02 Å². The molecule has 0 fully saturated rings. The summed E-state index contributed by atoms with van der Waals surface area (Å²) in [5, 5.41) is 3.78. The Morgan fingerprint density at radius 1 is 1.33 bits per heavy atom. The van der Waals surface area contributed by atoms with Crippen molar-refractivity contribution in [3.63, 3.8) is 0 Å². The van der Waals surface area contributed by atoms with E-state index in [-0.39, 0.29) is 5.54 Å². The van der Waals surface area contributed by atoms with Gasteiger partial charge in [0.15, 0.2) is 11.5 Å². The highest BCUT2D eigenvalue weighted by atomic mass is 35.5. The molecule has 0 aliphatic rings. The Kier molecular flexibility index (Phi) is 4.89. The van der Waals surface area contributed by atoms with Gasteiger partial charge in [-0.1, -0.05) is 23.6 Å². The molecule has 0 atom stereocenters. The van der Waals surface area contributed by atoms with Crippen LogP contribution in [0.5, 0.6) is 11.5 Å². The van der Waals surface area contributed by atoms with Crippen LogP contribution in [0.25, 0.3) is 0 Å². The van der Waals surface area contributed by atoms with Gasteiger partial charge >= 0.3 is 0 Å². The van der Waals surface area contributed by atoms with Crippen LogP contribution >= 0.6 is 11.6 Å². The van der Waals surface area contributed by atoms with Gasteiger partial charge < -0.3 is 9.47 Å². The van der Waals surface area contributed by atoms with Crippen molar-refractivity contribution in [2.24, 2.45) is 0 Å². The molecule has 3 nitrogen and oxygen atoms in total. The maximum Gasteiger partial charge on any atom is 0.179 e. The van der Waals surface area contributed by atoms with Gasteiger partial charge in [-0.3, -0.25) is 5.32 Å². The molecule has 0 radical (unpaired) electrons. The Balaban J connectivity index is 2.95. The number of halogens is 1. The van der Waals surface area contributed by atoms with Gasteiger partial charge in [0.05, 0.1) is 24.8 Å². The van der Waals surface area contributed by atoms with E-state index in [4.69, 9.17) is 27.5 Å². The van der Waals surface area contributed by atoms with Gasteiger partial charge in [0.1, 0.15) is 0 Å². The molecule has 4 heteroatoms. The number of nitrogens with one attached hydrogen (secondary N) is 1. The van der Waals surface area contributed by atoms with Gasteiger partial charge in [-0.15, -0.1) is 6.42 Å². The van der Waals surface area contributed by atoms with E-state index in [0.29, 0.717) is 23.1 Å². The summed E-state index contributed by atoms with van der Waals surface area (Å²) in [4.78, 5) is 0. The molecule has 0 saturated heterocycles. The zero-order chi connectivity index (χ0) is 13.8. The molecule has 0 aliphatic heterocycles. The lowest BCUT2D eigenvalue weighted by Crippen LogP contribution is -2.36. The maximum atomic E-state index is 6.27. The molecule has 1 rings (SSSR count). The highest BCUT2D eigenvalue weighted by Gasteiger charge is 2.16. The van der Waals surface area contributed by atoms with E-state index in [1.807, 2.05) is 26.0 Å². The highest BCUT2D eigenvalue weighted by Crippen LogP contribution is 2.37. The predicted molar refractivity (Wildman–Crippen MR) is 74.3 cm³/mol. The summed E-state index contributed by atoms with van der Waals surface area (Å²) in [5.41, 5.74) is 0.536. The fraction of sp³-hybridized carbons (Fsp3) is 0.429. The first-order chi connectivity index (χ1) is 8.45. The van der Waals surface area contributed by atoms with E-state index >= 15 is 0 Å². The topological polar surface area (TPSA) is 30.5 Å². The Bertz CT molecular complexity index is 464. The quantitative estimate of drug-likeness (QED) is 0.832. The Labute approximate surface area is 113 Å². The summed E-state index contributed by atoms with van der Waals surface area (Å²) in [6.07, 6.45) is 5.42. The molecule has 0 spiro atoms. The lowest BCUT2D eigenvalue weighted by atomic mass is 10.1. The molecule has 0 heterocycles. The first-order valence-electron chi connectivity index (χ1n) is 5.57. The summed E-state index contributed by atoms with van der Waals surface area (Å²) in [6, 6.07) is 3.72. The van der Waals surface area contributed by atoms with E-state index in [0.717, 1.165) is 5.56 Å². The molecule has 0 saturated carbocycles. The molecule has 1 aromatic rings. The molecular weight excluding hydrogens is 250 g/mol. The standard InChI is InChI=1S/C14H18ClNO2/c1-6-14(2,3)16-9-10-7-8-11(17-4)13(18-5)12(10)15/h1,7-8,16H,9H2,2-5H3. The van der Waals surface area contributed by atoms with Gasteiger partial charge in [0, 0.05) is 6.54 Å². The molecule has 0 unspecified atom stereocenters. The van der Waals surface area contributed by atoms with Gasteiger partial charge in [-0.25, -0.2) is 0 Å². The number of methoxy groups -OCH3 is 2. The van der Waals surface area contributed by atoms with Crippen molar-refractivity contribution in [1.29, 1.82) is 0 Å². The van der Waals surface area contributed by atoms with Crippen molar-refractivity contribution < 1.29 is 9.47 Å². The summed E-state index contributed by atoms with van der Waals surface area (Å²) in [7, 11) is 3.14. The number of rotatable bonds is 5. The minimum atomic E-state index is -0.378. The molecule has 98 valence electrons. The Morgan fingerprint density at radius 2 is 2.00 bits per heavy atom. The monoisotopic (exact) mass is 267 g/mol. The lowest BCUT2D eigenvalue weighted by Gasteiger charge is -2.20. The van der Waals surface area contributed by atoms with Crippen LogP contribution in [-0.2, 0) is 6.54 Å². The predicted octanol–water partition coefficient (Wildman–Crippen LogP) is 2.86. The van der Waals surface area contributed by atoms with Crippen molar-refractivity contribution in [3.05, 3.63) is 22.7 Å². The lowest BCUT2D eigenvalue weighted by molar-refractivity contribution is 0.354. The third kappa shape index (κ3) is 3.32. The molecule has 0 amide bonds. The smallest absolute Gasteiger partial charge is 0.179 e. The zero-order valence-corrected chi connectivity index (χ0v) is 11.9. The van der Waals surface area contributed by atoms with Crippen LogP contribution in [0.3, 0.4) is 0 Å². The summed E-state index contributed by atoms with van der Waals surface area (Å²) < 4.78 is 10.4. The largest absolute Gasteiger partial charge is 0.493 e. The van der Waals surface area contributed by atoms with Gasteiger partial charge in [0.2, 0.25) is 0 Å². The highest BCUT2D eigenvalue weighted by molar-refractivity contribution is 6.33. The average molecular weight is 268 g/mol. The van der Waals surface area contributed by atoms with Crippen molar-refractivity contribution in [2.75, 3.05) is 14.2 Å². The van der Waals surface area contributed by atoms with E-state index < -0.39 is 0 Å². The van der Waals surface area contributed by atoms with Crippen LogP contribution in [0.4, 0.5) is 0 Å². The van der Waals surface area contributed by atoms with Gasteiger partial charge in [0.25, 0.3) is 0 Å². The second kappa shape index (κ2) is 5.99. The van der Waals surface area contributed by atoms with Crippen LogP contribution in [0.15, 0.2) is 12.1 Å². The van der Waals surface area contributed by atoms with E-state index in [1.54, 1.807) is 14.2 Å². The van der Waals surface area contributed by atoms with Crippen LogP contribution in [0.1, 0.15) is 19.4 Å². The first kappa shape index (κ1) is 14.7. The van der Waals surface area contributed by atoms with Crippen LogP contribution in [-0.4, -0.2) is 19.8 Å². The first-order valence-corrected chi connectivity index (χ1v) is 5.95. The molecule has 1 N–H and O–H groups in total. The van der Waals surface area contributed by atoms with E-state index in [2.05, 4.69) is 11.2 Å². The molecule has 1 aromatic carbocycles. The molecule has 0 aliphatic carbocycles. The van der Waals surface area contributed by atoms with Crippen LogP contribution < -0.4 is 14.8 Å². The second-order valence-electron chi connectivity index (χ2n) is 4.40. The number of hydrogen-bond acceptors (Lipinski definition) is 3. The van der Waals surface area contributed by atoms with Gasteiger partial charge in [-0.2, -0.15) is 0 Å². The van der Waals surface area contributed by atoms with Crippen molar-refractivity contribution >= 4 is 11.6 Å². The maximum absolute atomic E-state index is 6.27.